The summed E-state index contributed by atoms with van der Waals surface area (Å²) in [6.45, 7) is 2.22. The summed E-state index contributed by atoms with van der Waals surface area (Å²) >= 11 is 1.51. The van der Waals surface area contributed by atoms with Crippen LogP contribution in [-0.2, 0) is 11.2 Å². The summed E-state index contributed by atoms with van der Waals surface area (Å²) in [4.78, 5) is 25.2. The number of unbranched alkanes of at least 4 members (excludes halogenated alkanes) is 1. The molecule has 6 heteroatoms. The maximum Gasteiger partial charge on any atom is 0.226 e. The monoisotopic (exact) mass is 344 g/mol. The summed E-state index contributed by atoms with van der Waals surface area (Å²) < 4.78 is 0. The molecule has 1 amide bonds. The molecule has 0 bridgehead atoms. The quantitative estimate of drug-likeness (QED) is 0.833. The zero-order valence-electron chi connectivity index (χ0n) is 14.1. The molecule has 2 atom stereocenters. The highest BCUT2D eigenvalue weighted by atomic mass is 32.1. The van der Waals surface area contributed by atoms with Gasteiger partial charge in [-0.3, -0.25) is 14.8 Å². The Balaban J connectivity index is 1.54. The van der Waals surface area contributed by atoms with Crippen LogP contribution in [0.25, 0.3) is 10.7 Å². The molecule has 1 aliphatic carbocycles. The van der Waals surface area contributed by atoms with E-state index in [1.165, 1.54) is 43.4 Å². The minimum absolute atomic E-state index is 0.0828. The smallest absolute Gasteiger partial charge is 0.226 e. The van der Waals surface area contributed by atoms with Crippen LogP contribution in [-0.4, -0.2) is 26.9 Å². The molecule has 2 aromatic heterocycles. The first-order chi connectivity index (χ1) is 11.8. The highest BCUT2D eigenvalue weighted by Gasteiger charge is 2.28. The highest BCUT2D eigenvalue weighted by molar-refractivity contribution is 7.13. The Morgan fingerprint density at radius 1 is 1.38 bits per heavy atom. The van der Waals surface area contributed by atoms with Crippen molar-refractivity contribution in [1.29, 1.82) is 0 Å². The first-order valence-corrected chi connectivity index (χ1v) is 9.64. The van der Waals surface area contributed by atoms with Gasteiger partial charge in [0.1, 0.15) is 10.7 Å². The summed E-state index contributed by atoms with van der Waals surface area (Å²) in [6, 6.07) is 0.349. The van der Waals surface area contributed by atoms with E-state index in [1.807, 2.05) is 5.38 Å². The van der Waals surface area contributed by atoms with Crippen LogP contribution in [0.5, 0.6) is 0 Å². The first kappa shape index (κ1) is 17.0. The van der Waals surface area contributed by atoms with Gasteiger partial charge in [-0.25, -0.2) is 4.98 Å². The van der Waals surface area contributed by atoms with Crippen molar-refractivity contribution in [3.8, 4) is 10.7 Å². The molecule has 24 heavy (non-hydrogen) atoms. The standard InChI is InChI=1S/C18H24N4OS/c1-2-3-5-13-6-4-7-15(13)22-17(23)10-14-12-24-18(21-14)16-11-19-8-9-20-16/h8-9,11-13,15H,2-7,10H2,1H3,(H,22,23)/t13-,15+/m0/s1. The molecule has 0 unspecified atom stereocenters. The van der Waals surface area contributed by atoms with Gasteiger partial charge >= 0.3 is 0 Å². The first-order valence-electron chi connectivity index (χ1n) is 8.76. The lowest BCUT2D eigenvalue weighted by Crippen LogP contribution is -2.38. The van der Waals surface area contributed by atoms with Gasteiger partial charge in [-0.2, -0.15) is 0 Å². The van der Waals surface area contributed by atoms with E-state index in [1.54, 1.807) is 18.6 Å². The van der Waals surface area contributed by atoms with E-state index in [4.69, 9.17) is 0 Å². The van der Waals surface area contributed by atoms with Gasteiger partial charge < -0.3 is 5.32 Å². The topological polar surface area (TPSA) is 67.8 Å². The summed E-state index contributed by atoms with van der Waals surface area (Å²) in [5.41, 5.74) is 1.56. The van der Waals surface area contributed by atoms with Crippen LogP contribution in [0, 0.1) is 5.92 Å². The van der Waals surface area contributed by atoms with Crippen LogP contribution in [0.4, 0.5) is 0 Å². The van der Waals surface area contributed by atoms with Crippen molar-refractivity contribution in [3.63, 3.8) is 0 Å². The van der Waals surface area contributed by atoms with E-state index in [-0.39, 0.29) is 5.91 Å². The zero-order valence-corrected chi connectivity index (χ0v) is 14.9. The number of rotatable bonds is 7. The van der Waals surface area contributed by atoms with Gasteiger partial charge in [0.25, 0.3) is 0 Å². The number of carbonyl (C=O) groups excluding carboxylic acids is 1. The zero-order chi connectivity index (χ0) is 16.8. The van der Waals surface area contributed by atoms with Gasteiger partial charge in [0.05, 0.1) is 18.3 Å². The fourth-order valence-electron chi connectivity index (χ4n) is 3.38. The van der Waals surface area contributed by atoms with Crippen LogP contribution in [0.15, 0.2) is 24.0 Å². The molecule has 2 heterocycles. The van der Waals surface area contributed by atoms with Crippen LogP contribution in [0.3, 0.4) is 0 Å². The van der Waals surface area contributed by atoms with Crippen molar-refractivity contribution < 1.29 is 4.79 Å². The number of aromatic nitrogens is 3. The molecule has 3 rings (SSSR count). The van der Waals surface area contributed by atoms with Crippen molar-refractivity contribution in [2.24, 2.45) is 5.92 Å². The Hall–Kier alpha value is -1.82. The molecule has 1 aliphatic rings. The Kier molecular flexibility index (Phi) is 5.91. The SMILES string of the molecule is CCCC[C@H]1CCC[C@H]1NC(=O)Cc1csc(-c2cnccn2)n1. The van der Waals surface area contributed by atoms with E-state index >= 15 is 0 Å². The average Bonchev–Trinajstić information content (AvgIpc) is 3.23. The fraction of sp³-hybridized carbons (Fsp3) is 0.556. The third kappa shape index (κ3) is 4.38. The van der Waals surface area contributed by atoms with Crippen molar-refractivity contribution in [2.45, 2.75) is 57.9 Å². The second-order valence-electron chi connectivity index (χ2n) is 6.42. The highest BCUT2D eigenvalue weighted by Crippen LogP contribution is 2.30. The van der Waals surface area contributed by atoms with Crippen LogP contribution in [0.2, 0.25) is 0 Å². The predicted molar refractivity (Wildman–Crippen MR) is 95.6 cm³/mol. The van der Waals surface area contributed by atoms with E-state index in [0.29, 0.717) is 18.4 Å². The number of hydrogen-bond acceptors (Lipinski definition) is 5. The third-order valence-corrected chi connectivity index (χ3v) is 5.52. The minimum atomic E-state index is 0.0828. The minimum Gasteiger partial charge on any atom is -0.353 e. The molecule has 0 spiro atoms. The van der Waals surface area contributed by atoms with E-state index in [0.717, 1.165) is 22.8 Å². The lowest BCUT2D eigenvalue weighted by Gasteiger charge is -2.20. The summed E-state index contributed by atoms with van der Waals surface area (Å²) in [5, 5.41) is 5.98. The Morgan fingerprint density at radius 2 is 2.29 bits per heavy atom. The number of carbonyl (C=O) groups is 1. The maximum atomic E-state index is 12.4. The van der Waals surface area contributed by atoms with Crippen molar-refractivity contribution >= 4 is 17.2 Å². The molecule has 1 N–H and O–H groups in total. The maximum absolute atomic E-state index is 12.4. The normalized spacial score (nSPS) is 20.2. The molecular weight excluding hydrogens is 320 g/mol. The molecule has 5 nitrogen and oxygen atoms in total. The number of thiazole rings is 1. The molecule has 128 valence electrons. The second kappa shape index (κ2) is 8.33. The van der Waals surface area contributed by atoms with Crippen molar-refractivity contribution in [3.05, 3.63) is 29.7 Å². The van der Waals surface area contributed by atoms with Gasteiger partial charge in [0, 0.05) is 23.8 Å². The van der Waals surface area contributed by atoms with Crippen LogP contribution in [0.1, 0.15) is 51.1 Å². The number of amides is 1. The lowest BCUT2D eigenvalue weighted by atomic mass is 9.96. The average molecular weight is 344 g/mol. The summed E-state index contributed by atoms with van der Waals surface area (Å²) in [7, 11) is 0. The van der Waals surface area contributed by atoms with Crippen LogP contribution >= 0.6 is 11.3 Å². The molecule has 2 aromatic rings. The lowest BCUT2D eigenvalue weighted by molar-refractivity contribution is -0.121. The Morgan fingerprint density at radius 3 is 3.08 bits per heavy atom. The second-order valence-corrected chi connectivity index (χ2v) is 7.28. The van der Waals surface area contributed by atoms with Gasteiger partial charge in [-0.1, -0.05) is 26.2 Å². The number of nitrogens with zero attached hydrogens (tertiary/aromatic N) is 3. The molecule has 0 radical (unpaired) electrons. The van der Waals surface area contributed by atoms with Gasteiger partial charge in [0.15, 0.2) is 0 Å². The molecule has 1 saturated carbocycles. The molecule has 1 fully saturated rings. The molecular formula is C18H24N4OS. The van der Waals surface area contributed by atoms with E-state index < -0.39 is 0 Å². The van der Waals surface area contributed by atoms with Gasteiger partial charge in [-0.15, -0.1) is 11.3 Å². The molecule has 0 saturated heterocycles. The van der Waals surface area contributed by atoms with Crippen molar-refractivity contribution in [1.82, 2.24) is 20.3 Å². The molecule has 0 aromatic carbocycles. The Labute approximate surface area is 147 Å². The summed E-state index contributed by atoms with van der Waals surface area (Å²) in [6.07, 6.45) is 12.6. The number of nitrogens with one attached hydrogen (secondary N) is 1. The van der Waals surface area contributed by atoms with Gasteiger partial charge in [-0.05, 0) is 25.2 Å². The van der Waals surface area contributed by atoms with Crippen molar-refractivity contribution in [2.75, 3.05) is 0 Å². The van der Waals surface area contributed by atoms with E-state index in [2.05, 4.69) is 27.2 Å². The largest absolute Gasteiger partial charge is 0.353 e. The molecule has 0 aliphatic heterocycles. The summed E-state index contributed by atoms with van der Waals surface area (Å²) in [5.74, 6) is 0.735. The third-order valence-electron chi connectivity index (χ3n) is 4.61. The number of hydrogen-bond donors (Lipinski definition) is 1. The fourth-order valence-corrected chi connectivity index (χ4v) is 4.16. The van der Waals surface area contributed by atoms with Gasteiger partial charge in [0.2, 0.25) is 5.91 Å². The predicted octanol–water partition coefficient (Wildman–Crippen LogP) is 3.62. The Bertz CT molecular complexity index is 658. The van der Waals surface area contributed by atoms with Crippen LogP contribution < -0.4 is 5.32 Å². The van der Waals surface area contributed by atoms with E-state index in [9.17, 15) is 4.79 Å².